The van der Waals surface area contributed by atoms with Crippen LogP contribution in [-0.4, -0.2) is 48.3 Å². The second kappa shape index (κ2) is 10.4. The van der Waals surface area contributed by atoms with Crippen molar-refractivity contribution in [2.45, 2.75) is 32.9 Å². The Balaban J connectivity index is 1.93. The number of carbonyl (C=O) groups is 2. The Kier molecular flexibility index (Phi) is 7.93. The van der Waals surface area contributed by atoms with Crippen LogP contribution in [0.3, 0.4) is 0 Å². The summed E-state index contributed by atoms with van der Waals surface area (Å²) >= 11 is 0. The van der Waals surface area contributed by atoms with E-state index in [2.05, 4.69) is 11.4 Å². The number of benzene rings is 2. The highest BCUT2D eigenvalue weighted by Gasteiger charge is 2.23. The molecule has 6 nitrogen and oxygen atoms in total. The molecule has 0 heterocycles. The molecule has 0 aliphatic rings. The molecule has 2 amide bonds. The van der Waals surface area contributed by atoms with Crippen molar-refractivity contribution in [3.63, 3.8) is 0 Å². The van der Waals surface area contributed by atoms with Crippen molar-refractivity contribution in [3.8, 4) is 6.07 Å². The highest BCUT2D eigenvalue weighted by molar-refractivity contribution is 5.95. The van der Waals surface area contributed by atoms with Gasteiger partial charge in [0.15, 0.2) is 0 Å². The molecule has 0 saturated heterocycles. The summed E-state index contributed by atoms with van der Waals surface area (Å²) < 4.78 is 0. The number of para-hydroxylation sites is 1. The first-order valence-corrected chi connectivity index (χ1v) is 9.67. The van der Waals surface area contributed by atoms with Crippen LogP contribution in [0.15, 0.2) is 48.5 Å². The average Bonchev–Trinajstić information content (AvgIpc) is 2.72. The molecule has 29 heavy (non-hydrogen) atoms. The van der Waals surface area contributed by atoms with Gasteiger partial charge in [-0.25, -0.2) is 0 Å². The molecule has 0 saturated carbocycles. The summed E-state index contributed by atoms with van der Waals surface area (Å²) in [6.45, 7) is 4.37. The molecule has 1 N–H and O–H groups in total. The van der Waals surface area contributed by atoms with Gasteiger partial charge in [0.25, 0.3) is 0 Å². The second-order valence-electron chi connectivity index (χ2n) is 7.16. The van der Waals surface area contributed by atoms with E-state index in [4.69, 9.17) is 5.26 Å². The van der Waals surface area contributed by atoms with Crippen LogP contribution in [0, 0.1) is 11.3 Å². The maximum Gasteiger partial charge on any atom is 0.243 e. The molecule has 0 radical (unpaired) electrons. The Morgan fingerprint density at radius 1 is 1.14 bits per heavy atom. The van der Waals surface area contributed by atoms with Crippen LogP contribution in [0.5, 0.6) is 0 Å². The highest BCUT2D eigenvalue weighted by atomic mass is 16.2. The van der Waals surface area contributed by atoms with E-state index in [1.165, 1.54) is 4.90 Å². The van der Waals surface area contributed by atoms with Gasteiger partial charge in [0.2, 0.25) is 11.8 Å². The molecule has 0 spiro atoms. The number of anilines is 1. The largest absolute Gasteiger partial charge is 0.335 e. The number of nitriles is 1. The predicted octanol–water partition coefficient (Wildman–Crippen LogP) is 3.04. The minimum Gasteiger partial charge on any atom is -0.335 e. The third-order valence-electron chi connectivity index (χ3n) is 4.94. The van der Waals surface area contributed by atoms with Crippen molar-refractivity contribution < 1.29 is 9.59 Å². The smallest absolute Gasteiger partial charge is 0.243 e. The van der Waals surface area contributed by atoms with Gasteiger partial charge in [-0.2, -0.15) is 5.26 Å². The maximum absolute atomic E-state index is 12.8. The zero-order valence-corrected chi connectivity index (χ0v) is 17.5. The van der Waals surface area contributed by atoms with E-state index in [-0.39, 0.29) is 18.4 Å². The zero-order chi connectivity index (χ0) is 21.4. The normalized spacial score (nSPS) is 11.6. The third-order valence-corrected chi connectivity index (χ3v) is 4.94. The van der Waals surface area contributed by atoms with Crippen LogP contribution in [0.1, 0.15) is 30.5 Å². The molecule has 1 unspecified atom stereocenters. The van der Waals surface area contributed by atoms with Crippen molar-refractivity contribution >= 4 is 17.5 Å². The Morgan fingerprint density at radius 2 is 1.86 bits per heavy atom. The molecular formula is C23H28N4O2. The SMILES string of the molecule is CCc1ccccc1NC(=O)CN(C)C(=O)C(C)N(C)Cc1cccc(C#N)c1. The summed E-state index contributed by atoms with van der Waals surface area (Å²) in [6.07, 6.45) is 0.819. The van der Waals surface area contributed by atoms with Crippen LogP contribution in [0.2, 0.25) is 0 Å². The fourth-order valence-corrected chi connectivity index (χ4v) is 3.11. The molecule has 2 aromatic rings. The van der Waals surface area contributed by atoms with Gasteiger partial charge in [-0.15, -0.1) is 0 Å². The molecule has 0 bridgehead atoms. The fourth-order valence-electron chi connectivity index (χ4n) is 3.11. The van der Waals surface area contributed by atoms with Crippen molar-refractivity contribution in [1.82, 2.24) is 9.80 Å². The zero-order valence-electron chi connectivity index (χ0n) is 17.5. The lowest BCUT2D eigenvalue weighted by Gasteiger charge is -2.28. The minimum atomic E-state index is -0.401. The van der Waals surface area contributed by atoms with Crippen LogP contribution < -0.4 is 5.32 Å². The molecular weight excluding hydrogens is 364 g/mol. The van der Waals surface area contributed by atoms with Crippen LogP contribution in [0.25, 0.3) is 0 Å². The Bertz CT molecular complexity index is 904. The van der Waals surface area contributed by atoms with E-state index in [1.54, 1.807) is 13.1 Å². The Morgan fingerprint density at radius 3 is 2.55 bits per heavy atom. The molecule has 152 valence electrons. The second-order valence-corrected chi connectivity index (χ2v) is 7.16. The topological polar surface area (TPSA) is 76.4 Å². The number of amides is 2. The number of rotatable bonds is 8. The lowest BCUT2D eigenvalue weighted by molar-refractivity contribution is -0.137. The summed E-state index contributed by atoms with van der Waals surface area (Å²) in [5.41, 5.74) is 3.39. The average molecular weight is 393 g/mol. The molecule has 2 rings (SSSR count). The number of hydrogen-bond acceptors (Lipinski definition) is 4. The summed E-state index contributed by atoms with van der Waals surface area (Å²) in [5, 5.41) is 11.9. The van der Waals surface area contributed by atoms with Crippen molar-refractivity contribution in [3.05, 3.63) is 65.2 Å². The van der Waals surface area contributed by atoms with E-state index >= 15 is 0 Å². The standard InChI is InChI=1S/C23H28N4O2/c1-5-20-11-6-7-12-21(20)25-22(28)16-27(4)23(29)17(2)26(3)15-19-10-8-9-18(13-19)14-24/h6-13,17H,5,15-16H2,1-4H3,(H,25,28). The quantitative estimate of drug-likeness (QED) is 0.749. The summed E-state index contributed by atoms with van der Waals surface area (Å²) in [4.78, 5) is 28.5. The van der Waals surface area contributed by atoms with Gasteiger partial charge < -0.3 is 10.2 Å². The van der Waals surface area contributed by atoms with Crippen LogP contribution in [0.4, 0.5) is 5.69 Å². The van der Waals surface area contributed by atoms with Crippen molar-refractivity contribution in [1.29, 1.82) is 5.26 Å². The molecule has 6 heteroatoms. The number of aryl methyl sites for hydroxylation is 1. The number of nitrogens with zero attached hydrogens (tertiary/aromatic N) is 3. The van der Waals surface area contributed by atoms with Gasteiger partial charge >= 0.3 is 0 Å². The Labute approximate surface area is 172 Å². The van der Waals surface area contributed by atoms with E-state index < -0.39 is 6.04 Å². The third kappa shape index (κ3) is 6.16. The lowest BCUT2D eigenvalue weighted by Crippen LogP contribution is -2.46. The number of nitrogens with one attached hydrogen (secondary N) is 1. The van der Waals surface area contributed by atoms with Crippen LogP contribution >= 0.6 is 0 Å². The highest BCUT2D eigenvalue weighted by Crippen LogP contribution is 2.15. The molecule has 0 aromatic heterocycles. The summed E-state index contributed by atoms with van der Waals surface area (Å²) in [7, 11) is 3.49. The lowest BCUT2D eigenvalue weighted by atomic mass is 10.1. The van der Waals surface area contributed by atoms with Crippen molar-refractivity contribution in [2.24, 2.45) is 0 Å². The number of hydrogen-bond donors (Lipinski definition) is 1. The predicted molar refractivity (Wildman–Crippen MR) is 114 cm³/mol. The summed E-state index contributed by atoms with van der Waals surface area (Å²) in [5.74, 6) is -0.360. The molecule has 0 aliphatic heterocycles. The van der Waals surface area contributed by atoms with Crippen molar-refractivity contribution in [2.75, 3.05) is 26.0 Å². The number of carbonyl (C=O) groups excluding carboxylic acids is 2. The fraction of sp³-hybridized carbons (Fsp3) is 0.348. The van der Waals surface area contributed by atoms with Gasteiger partial charge in [0.05, 0.1) is 24.2 Å². The Hall–Kier alpha value is -3.17. The number of likely N-dealkylation sites (N-methyl/N-ethyl adjacent to an activating group) is 2. The first kappa shape index (κ1) is 22.1. The summed E-state index contributed by atoms with van der Waals surface area (Å²) in [6, 6.07) is 16.7. The van der Waals surface area contributed by atoms with Gasteiger partial charge in [-0.1, -0.05) is 37.3 Å². The van der Waals surface area contributed by atoms with Gasteiger partial charge in [0, 0.05) is 19.3 Å². The monoisotopic (exact) mass is 392 g/mol. The van der Waals surface area contributed by atoms with Gasteiger partial charge in [0.1, 0.15) is 0 Å². The molecule has 0 fully saturated rings. The maximum atomic E-state index is 12.8. The van der Waals surface area contributed by atoms with E-state index in [1.807, 2.05) is 68.3 Å². The van der Waals surface area contributed by atoms with Gasteiger partial charge in [-0.05, 0) is 49.7 Å². The minimum absolute atomic E-state index is 0.0149. The molecule has 2 aromatic carbocycles. The van der Waals surface area contributed by atoms with Crippen LogP contribution in [-0.2, 0) is 22.6 Å². The first-order valence-electron chi connectivity index (χ1n) is 9.67. The van der Waals surface area contributed by atoms with E-state index in [9.17, 15) is 9.59 Å². The van der Waals surface area contributed by atoms with E-state index in [0.717, 1.165) is 23.2 Å². The first-order chi connectivity index (χ1) is 13.8. The molecule has 1 atom stereocenters. The van der Waals surface area contributed by atoms with E-state index in [0.29, 0.717) is 12.1 Å². The molecule has 0 aliphatic carbocycles. The van der Waals surface area contributed by atoms with Gasteiger partial charge in [-0.3, -0.25) is 14.5 Å².